The predicted octanol–water partition coefficient (Wildman–Crippen LogP) is 8.59. The molecule has 0 saturated carbocycles. The van der Waals surface area contributed by atoms with Crippen molar-refractivity contribution < 1.29 is 4.79 Å². The molecule has 0 aliphatic carbocycles. The number of carbonyl (C=O) groups excluding carboxylic acids is 1. The molecule has 37 heavy (non-hydrogen) atoms. The van der Waals surface area contributed by atoms with Crippen molar-refractivity contribution in [2.45, 2.75) is 39.7 Å². The van der Waals surface area contributed by atoms with Gasteiger partial charge in [-0.3, -0.25) is 9.20 Å². The number of carbonyl (C=O) groups is 1. The number of para-hydroxylation sites is 1. The first-order chi connectivity index (χ1) is 17.9. The van der Waals surface area contributed by atoms with Crippen molar-refractivity contribution in [3.8, 4) is 22.4 Å². The minimum atomic E-state index is -0.178. The Morgan fingerprint density at radius 2 is 1.65 bits per heavy atom. The van der Waals surface area contributed by atoms with Gasteiger partial charge >= 0.3 is 0 Å². The van der Waals surface area contributed by atoms with E-state index in [0.717, 1.165) is 53.8 Å². The lowest BCUT2D eigenvalue weighted by Crippen LogP contribution is -2.15. The second kappa shape index (κ2) is 9.44. The number of hydrogen-bond acceptors (Lipinski definition) is 1. The van der Waals surface area contributed by atoms with Gasteiger partial charge in [-0.15, -0.1) is 0 Å². The topological polar surface area (TPSA) is 38.4 Å². The molecule has 4 nitrogen and oxygen atoms in total. The van der Waals surface area contributed by atoms with E-state index in [2.05, 4.69) is 52.5 Å². The maximum atomic E-state index is 14.0. The molecule has 1 N–H and O–H groups in total. The second-order valence-corrected chi connectivity index (χ2v) is 10.6. The van der Waals surface area contributed by atoms with Gasteiger partial charge in [0.1, 0.15) is 11.3 Å². The minimum Gasteiger partial charge on any atom is -0.325 e. The van der Waals surface area contributed by atoms with Crippen LogP contribution in [-0.4, -0.2) is 14.9 Å². The Balaban J connectivity index is 1.63. The number of amides is 1. The van der Waals surface area contributed by atoms with E-state index in [0.29, 0.717) is 21.4 Å². The maximum Gasteiger partial charge on any atom is 0.273 e. The highest BCUT2D eigenvalue weighted by Crippen LogP contribution is 2.40. The van der Waals surface area contributed by atoms with Crippen molar-refractivity contribution in [3.63, 3.8) is 0 Å². The molecule has 0 radical (unpaired) electrons. The summed E-state index contributed by atoms with van der Waals surface area (Å²) in [7, 11) is 0. The molecule has 186 valence electrons. The summed E-state index contributed by atoms with van der Waals surface area (Å²) < 4.78 is 4.45. The Bertz CT molecular complexity index is 1660. The number of rotatable bonds is 4. The molecule has 0 bridgehead atoms. The third-order valence-corrected chi connectivity index (χ3v) is 7.99. The van der Waals surface area contributed by atoms with E-state index < -0.39 is 0 Å². The summed E-state index contributed by atoms with van der Waals surface area (Å²) in [6.45, 7) is 5.12. The summed E-state index contributed by atoms with van der Waals surface area (Å²) in [4.78, 5) is 14.0. The average molecular weight is 528 g/mol. The second-order valence-electron chi connectivity index (χ2n) is 9.76. The van der Waals surface area contributed by atoms with Crippen molar-refractivity contribution >= 4 is 40.4 Å². The number of halogens is 2. The normalized spacial score (nSPS) is 13.1. The molecule has 3 heterocycles. The fourth-order valence-corrected chi connectivity index (χ4v) is 5.72. The van der Waals surface area contributed by atoms with Crippen molar-refractivity contribution in [2.75, 3.05) is 5.32 Å². The standard InChI is InChI=1S/C31H27Cl2N3O/c1-19-10-11-22(17-20(19)2)28-24-7-5-6-16-35-27(21-12-14-23(32)15-13-21)18-36(31(24)35)29(28)30(37)34-26-9-4-3-8-25(26)33/h3-4,8-15,17-18H,5-7,16H2,1-2H3,(H,34,37). The van der Waals surface area contributed by atoms with Gasteiger partial charge in [-0.1, -0.05) is 65.7 Å². The Hall–Kier alpha value is -3.47. The van der Waals surface area contributed by atoms with Gasteiger partial charge in [0.05, 0.1) is 16.4 Å². The van der Waals surface area contributed by atoms with Gasteiger partial charge in [-0.2, -0.15) is 0 Å². The van der Waals surface area contributed by atoms with E-state index >= 15 is 0 Å². The van der Waals surface area contributed by atoms with Crippen molar-refractivity contribution in [2.24, 2.45) is 0 Å². The first-order valence-electron chi connectivity index (χ1n) is 12.6. The zero-order valence-corrected chi connectivity index (χ0v) is 22.3. The first kappa shape index (κ1) is 23.9. The van der Waals surface area contributed by atoms with Crippen LogP contribution in [0.4, 0.5) is 5.69 Å². The molecule has 1 amide bonds. The monoisotopic (exact) mass is 527 g/mol. The van der Waals surface area contributed by atoms with Gasteiger partial charge in [0.15, 0.2) is 0 Å². The van der Waals surface area contributed by atoms with Gasteiger partial charge < -0.3 is 9.88 Å². The van der Waals surface area contributed by atoms with Gasteiger partial charge in [0.25, 0.3) is 5.91 Å². The third kappa shape index (κ3) is 4.14. The number of anilines is 1. The minimum absolute atomic E-state index is 0.178. The highest BCUT2D eigenvalue weighted by atomic mass is 35.5. The van der Waals surface area contributed by atoms with Crippen LogP contribution in [0.2, 0.25) is 10.0 Å². The molecule has 5 aromatic rings. The molecule has 6 rings (SSSR count). The van der Waals surface area contributed by atoms with Crippen LogP contribution in [0.5, 0.6) is 0 Å². The Kier molecular flexibility index (Phi) is 6.10. The number of benzene rings is 3. The van der Waals surface area contributed by atoms with Crippen LogP contribution in [0, 0.1) is 13.8 Å². The van der Waals surface area contributed by atoms with Gasteiger partial charge in [0.2, 0.25) is 0 Å². The molecule has 0 saturated heterocycles. The van der Waals surface area contributed by atoms with E-state index in [1.54, 1.807) is 6.07 Å². The summed E-state index contributed by atoms with van der Waals surface area (Å²) in [5.41, 5.74) is 10.2. The molecule has 0 spiro atoms. The lowest BCUT2D eigenvalue weighted by atomic mass is 9.95. The zero-order valence-electron chi connectivity index (χ0n) is 20.8. The van der Waals surface area contributed by atoms with Crippen molar-refractivity contribution in [3.05, 3.63) is 105 Å². The highest BCUT2D eigenvalue weighted by Gasteiger charge is 2.30. The number of aromatic nitrogens is 2. The van der Waals surface area contributed by atoms with Crippen LogP contribution in [0.25, 0.3) is 28.0 Å². The van der Waals surface area contributed by atoms with Crippen LogP contribution in [0.15, 0.2) is 72.9 Å². The summed E-state index contributed by atoms with van der Waals surface area (Å²) in [6.07, 6.45) is 5.15. The highest BCUT2D eigenvalue weighted by molar-refractivity contribution is 6.34. The van der Waals surface area contributed by atoms with Crippen LogP contribution < -0.4 is 5.32 Å². The molecule has 6 heteroatoms. The van der Waals surface area contributed by atoms with Gasteiger partial charge in [-0.25, -0.2) is 0 Å². The molecule has 1 aliphatic rings. The van der Waals surface area contributed by atoms with Crippen LogP contribution in [0.1, 0.15) is 40.0 Å². The van der Waals surface area contributed by atoms with E-state index in [1.165, 1.54) is 16.7 Å². The summed E-state index contributed by atoms with van der Waals surface area (Å²) in [5, 5.41) is 4.30. The number of nitrogens with zero attached hydrogens (tertiary/aromatic N) is 2. The smallest absolute Gasteiger partial charge is 0.273 e. The van der Waals surface area contributed by atoms with Gasteiger partial charge in [-0.05, 0) is 79.6 Å². The quantitative estimate of drug-likeness (QED) is 0.249. The molecule has 0 fully saturated rings. The molecule has 0 unspecified atom stereocenters. The largest absolute Gasteiger partial charge is 0.325 e. The number of imidazole rings is 1. The number of nitrogens with one attached hydrogen (secondary N) is 1. The fourth-order valence-electron chi connectivity index (χ4n) is 5.41. The molecule has 3 aromatic carbocycles. The lowest BCUT2D eigenvalue weighted by molar-refractivity contribution is 0.102. The Labute approximate surface area is 226 Å². The fraction of sp³-hybridized carbons (Fsp3) is 0.194. The summed E-state index contributed by atoms with van der Waals surface area (Å²) >= 11 is 12.6. The molecule has 2 aromatic heterocycles. The Morgan fingerprint density at radius 3 is 2.41 bits per heavy atom. The maximum absolute atomic E-state index is 14.0. The molecular formula is C31H27Cl2N3O. The first-order valence-corrected chi connectivity index (χ1v) is 13.3. The van der Waals surface area contributed by atoms with Crippen molar-refractivity contribution in [1.82, 2.24) is 8.97 Å². The van der Waals surface area contributed by atoms with E-state index in [9.17, 15) is 4.79 Å². The molecule has 1 aliphatic heterocycles. The predicted molar refractivity (Wildman–Crippen MR) is 153 cm³/mol. The molecule has 0 atom stereocenters. The summed E-state index contributed by atoms with van der Waals surface area (Å²) in [5.74, 6) is -0.178. The number of hydrogen-bond donors (Lipinski definition) is 1. The van der Waals surface area contributed by atoms with Crippen LogP contribution >= 0.6 is 23.2 Å². The SMILES string of the molecule is Cc1ccc(-c2c3c4n(c(-c5ccc(Cl)cc5)cn4c2C(=O)Nc2ccccc2Cl)CCCC3)cc1C. The van der Waals surface area contributed by atoms with E-state index in [4.69, 9.17) is 23.2 Å². The summed E-state index contributed by atoms with van der Waals surface area (Å²) in [6, 6.07) is 21.7. The van der Waals surface area contributed by atoms with Crippen LogP contribution in [0.3, 0.4) is 0 Å². The van der Waals surface area contributed by atoms with Crippen LogP contribution in [-0.2, 0) is 13.0 Å². The van der Waals surface area contributed by atoms with E-state index in [1.807, 2.05) is 42.5 Å². The lowest BCUT2D eigenvalue weighted by Gasteiger charge is -2.12. The third-order valence-electron chi connectivity index (χ3n) is 7.41. The molecular weight excluding hydrogens is 501 g/mol. The van der Waals surface area contributed by atoms with Gasteiger partial charge in [0, 0.05) is 28.9 Å². The number of aryl methyl sites for hydroxylation is 4. The average Bonchev–Trinajstić information content (AvgIpc) is 3.30. The van der Waals surface area contributed by atoms with E-state index in [-0.39, 0.29) is 5.91 Å². The Morgan fingerprint density at radius 1 is 0.892 bits per heavy atom. The van der Waals surface area contributed by atoms with Crippen molar-refractivity contribution in [1.29, 1.82) is 0 Å². The zero-order chi connectivity index (χ0) is 25.7.